The molecule has 2 atom stereocenters. The van der Waals surface area contributed by atoms with Crippen molar-refractivity contribution in [3.8, 4) is 0 Å². The summed E-state index contributed by atoms with van der Waals surface area (Å²) >= 11 is 0. The molecular formula is C19H25FN6O3. The van der Waals surface area contributed by atoms with Crippen LogP contribution < -0.4 is 10.6 Å². The van der Waals surface area contributed by atoms with Crippen molar-refractivity contribution >= 4 is 17.9 Å². The molecule has 1 aromatic rings. The number of benzene rings is 1. The lowest BCUT2D eigenvalue weighted by Crippen LogP contribution is -2.64. The average molecular weight is 404 g/mol. The van der Waals surface area contributed by atoms with Crippen LogP contribution >= 0.6 is 0 Å². The van der Waals surface area contributed by atoms with E-state index in [0.29, 0.717) is 19.0 Å². The minimum Gasteiger partial charge on any atom is -0.379 e. The number of imide groups is 1. The van der Waals surface area contributed by atoms with Crippen LogP contribution in [0, 0.1) is 5.82 Å². The Morgan fingerprint density at radius 1 is 1.21 bits per heavy atom. The van der Waals surface area contributed by atoms with E-state index in [1.807, 2.05) is 4.90 Å². The number of urea groups is 1. The van der Waals surface area contributed by atoms with Gasteiger partial charge in [-0.3, -0.25) is 20.0 Å². The van der Waals surface area contributed by atoms with Crippen molar-refractivity contribution < 1.29 is 18.7 Å². The molecule has 1 aromatic carbocycles. The number of amides is 3. The van der Waals surface area contributed by atoms with Gasteiger partial charge < -0.3 is 19.9 Å². The van der Waals surface area contributed by atoms with Crippen molar-refractivity contribution in [1.82, 2.24) is 25.3 Å². The Bertz CT molecular complexity index is 796. The maximum atomic E-state index is 13.3. The number of ether oxygens (including phenoxy) is 1. The van der Waals surface area contributed by atoms with Crippen LogP contribution in [0.1, 0.15) is 5.56 Å². The van der Waals surface area contributed by atoms with Gasteiger partial charge >= 0.3 is 6.03 Å². The van der Waals surface area contributed by atoms with E-state index in [-0.39, 0.29) is 11.7 Å². The van der Waals surface area contributed by atoms with E-state index < -0.39 is 18.2 Å². The zero-order valence-electron chi connectivity index (χ0n) is 16.3. The number of fused-ring (bicyclic) bond motifs is 1. The second-order valence-electron chi connectivity index (χ2n) is 7.35. The normalized spacial score (nSPS) is 26.5. The van der Waals surface area contributed by atoms with Gasteiger partial charge in [-0.05, 0) is 17.7 Å². The third-order valence-corrected chi connectivity index (χ3v) is 5.47. The third-order valence-electron chi connectivity index (χ3n) is 5.47. The molecule has 10 heteroatoms. The average Bonchev–Trinajstić information content (AvgIpc) is 3.08. The lowest BCUT2D eigenvalue weighted by molar-refractivity contribution is -0.127. The van der Waals surface area contributed by atoms with E-state index in [1.54, 1.807) is 19.2 Å². The highest BCUT2D eigenvalue weighted by Crippen LogP contribution is 2.23. The molecule has 3 aliphatic rings. The summed E-state index contributed by atoms with van der Waals surface area (Å²) in [6, 6.07) is 5.10. The van der Waals surface area contributed by atoms with Crippen LogP contribution in [0.5, 0.6) is 0 Å². The Balaban J connectivity index is 1.53. The summed E-state index contributed by atoms with van der Waals surface area (Å²) in [5.74, 6) is -0.119. The Morgan fingerprint density at radius 2 is 1.93 bits per heavy atom. The molecule has 2 unspecified atom stereocenters. The van der Waals surface area contributed by atoms with Crippen LogP contribution in [0.3, 0.4) is 0 Å². The topological polar surface area (TPSA) is 89.5 Å². The lowest BCUT2D eigenvalue weighted by atomic mass is 10.1. The molecule has 0 aromatic heterocycles. The minimum atomic E-state index is -0.607. The summed E-state index contributed by atoms with van der Waals surface area (Å²) in [6.45, 7) is 4.92. The number of hydrogen-bond acceptors (Lipinski definition) is 5. The molecule has 0 spiro atoms. The number of nitrogens with one attached hydrogen (secondary N) is 2. The van der Waals surface area contributed by atoms with E-state index in [0.717, 1.165) is 38.4 Å². The van der Waals surface area contributed by atoms with E-state index in [9.17, 15) is 14.0 Å². The fourth-order valence-corrected chi connectivity index (χ4v) is 3.80. The summed E-state index contributed by atoms with van der Waals surface area (Å²) < 4.78 is 18.6. The number of carbonyl (C=O) groups is 2. The van der Waals surface area contributed by atoms with Gasteiger partial charge in [-0.25, -0.2) is 9.18 Å². The zero-order chi connectivity index (χ0) is 20.4. The summed E-state index contributed by atoms with van der Waals surface area (Å²) in [5.41, 5.74) is 0.849. The van der Waals surface area contributed by atoms with E-state index >= 15 is 0 Å². The Labute approximate surface area is 168 Å². The van der Waals surface area contributed by atoms with E-state index in [4.69, 9.17) is 4.74 Å². The van der Waals surface area contributed by atoms with Gasteiger partial charge in [0.15, 0.2) is 12.0 Å². The molecule has 0 saturated carbocycles. The number of rotatable bonds is 5. The quantitative estimate of drug-likeness (QED) is 0.706. The molecule has 4 rings (SSSR count). The van der Waals surface area contributed by atoms with Crippen molar-refractivity contribution in [3.63, 3.8) is 0 Å². The Kier molecular flexibility index (Phi) is 5.63. The van der Waals surface area contributed by atoms with Gasteiger partial charge in [-0.1, -0.05) is 12.1 Å². The van der Waals surface area contributed by atoms with Gasteiger partial charge in [0, 0.05) is 33.2 Å². The summed E-state index contributed by atoms with van der Waals surface area (Å²) in [5, 5.41) is 5.61. The van der Waals surface area contributed by atoms with Crippen molar-refractivity contribution in [2.75, 3.05) is 46.4 Å². The fourth-order valence-electron chi connectivity index (χ4n) is 3.80. The summed E-state index contributed by atoms with van der Waals surface area (Å²) in [6.07, 6.45) is -0.501. The Hall–Kier alpha value is -2.72. The molecule has 0 aliphatic carbocycles. The van der Waals surface area contributed by atoms with Crippen molar-refractivity contribution in [1.29, 1.82) is 0 Å². The molecule has 29 heavy (non-hydrogen) atoms. The molecule has 3 heterocycles. The summed E-state index contributed by atoms with van der Waals surface area (Å²) in [7, 11) is 1.64. The molecule has 3 amide bonds. The maximum Gasteiger partial charge on any atom is 0.325 e. The first-order chi connectivity index (χ1) is 14.0. The first kappa shape index (κ1) is 19.6. The molecule has 3 fully saturated rings. The molecule has 3 saturated heterocycles. The first-order valence-corrected chi connectivity index (χ1v) is 9.73. The highest BCUT2D eigenvalue weighted by Gasteiger charge is 2.49. The predicted molar refractivity (Wildman–Crippen MR) is 104 cm³/mol. The minimum absolute atomic E-state index is 0.314. The van der Waals surface area contributed by atoms with Crippen LogP contribution in [0.4, 0.5) is 9.18 Å². The lowest BCUT2D eigenvalue weighted by Gasteiger charge is -2.35. The number of nitrogens with zero attached hydrogens (tertiary/aromatic N) is 4. The van der Waals surface area contributed by atoms with Crippen molar-refractivity contribution in [2.24, 2.45) is 4.99 Å². The second-order valence-corrected chi connectivity index (χ2v) is 7.35. The predicted octanol–water partition coefficient (Wildman–Crippen LogP) is -0.205. The number of guanidine groups is 1. The van der Waals surface area contributed by atoms with Crippen LogP contribution in [-0.4, -0.2) is 91.2 Å². The van der Waals surface area contributed by atoms with Crippen LogP contribution in [0.25, 0.3) is 0 Å². The Morgan fingerprint density at radius 3 is 2.66 bits per heavy atom. The van der Waals surface area contributed by atoms with Gasteiger partial charge in [-0.2, -0.15) is 0 Å². The molecule has 0 radical (unpaired) electrons. The monoisotopic (exact) mass is 404 g/mol. The highest BCUT2D eigenvalue weighted by molar-refractivity contribution is 6.04. The zero-order valence-corrected chi connectivity index (χ0v) is 16.3. The van der Waals surface area contributed by atoms with E-state index in [2.05, 4.69) is 20.5 Å². The van der Waals surface area contributed by atoms with Gasteiger partial charge in [0.05, 0.1) is 19.8 Å². The number of halogens is 1. The summed E-state index contributed by atoms with van der Waals surface area (Å²) in [4.78, 5) is 34.9. The molecular weight excluding hydrogens is 379 g/mol. The van der Waals surface area contributed by atoms with Gasteiger partial charge in [0.2, 0.25) is 0 Å². The third kappa shape index (κ3) is 4.18. The smallest absolute Gasteiger partial charge is 0.325 e. The number of aliphatic imine (C=N–C) groups is 1. The number of morpholine rings is 1. The second kappa shape index (κ2) is 8.34. The van der Waals surface area contributed by atoms with Gasteiger partial charge in [-0.15, -0.1) is 0 Å². The van der Waals surface area contributed by atoms with Gasteiger partial charge in [0.25, 0.3) is 5.91 Å². The molecule has 9 nitrogen and oxygen atoms in total. The SMILES string of the molecule is CN1C(=O)NC(=O)C2C1NC(=NCCN1CCOCC1)N2Cc1ccc(F)cc1. The largest absolute Gasteiger partial charge is 0.379 e. The highest BCUT2D eigenvalue weighted by atomic mass is 19.1. The van der Waals surface area contributed by atoms with Crippen molar-refractivity contribution in [2.45, 2.75) is 18.8 Å². The standard InChI is InChI=1S/C19H25FN6O3/c1-24-16-15(17(27)23-19(24)28)26(12-13-2-4-14(20)5-3-13)18(22-16)21-6-7-25-8-10-29-11-9-25/h2-5,15-16H,6-12H2,1H3,(H,21,22)(H,23,27,28). The number of likely N-dealkylation sites (N-methyl/N-ethyl adjacent to an activating group) is 1. The van der Waals surface area contributed by atoms with E-state index in [1.165, 1.54) is 17.0 Å². The van der Waals surface area contributed by atoms with Crippen molar-refractivity contribution in [3.05, 3.63) is 35.6 Å². The van der Waals surface area contributed by atoms with Crippen LogP contribution in [-0.2, 0) is 16.1 Å². The fraction of sp³-hybridized carbons (Fsp3) is 0.526. The molecule has 156 valence electrons. The number of carbonyl (C=O) groups excluding carboxylic acids is 2. The number of hydrogen-bond donors (Lipinski definition) is 2. The molecule has 3 aliphatic heterocycles. The van der Waals surface area contributed by atoms with Crippen LogP contribution in [0.15, 0.2) is 29.3 Å². The van der Waals surface area contributed by atoms with Crippen LogP contribution in [0.2, 0.25) is 0 Å². The molecule has 0 bridgehead atoms. The first-order valence-electron chi connectivity index (χ1n) is 9.73. The molecule has 2 N–H and O–H groups in total. The van der Waals surface area contributed by atoms with Gasteiger partial charge in [0.1, 0.15) is 12.0 Å². The maximum absolute atomic E-state index is 13.3.